The molecule has 1 aromatic carbocycles. The lowest BCUT2D eigenvalue weighted by Crippen LogP contribution is -2.33. The summed E-state index contributed by atoms with van der Waals surface area (Å²) < 4.78 is 1.17. The third kappa shape index (κ3) is 1.72. The monoisotopic (exact) mass is 257 g/mol. The molecule has 0 amide bonds. The Morgan fingerprint density at radius 2 is 2.31 bits per heavy atom. The van der Waals surface area contributed by atoms with Gasteiger partial charge in [0.15, 0.2) is 0 Å². The number of hydrogen-bond acceptors (Lipinski definition) is 2. The van der Waals surface area contributed by atoms with E-state index in [0.29, 0.717) is 6.04 Å². The van der Waals surface area contributed by atoms with Crippen molar-refractivity contribution in [3.8, 4) is 0 Å². The molecule has 1 nitrogen and oxygen atoms in total. The molecule has 1 aromatic rings. The lowest BCUT2D eigenvalue weighted by molar-refractivity contribution is 0.747. The summed E-state index contributed by atoms with van der Waals surface area (Å²) in [6, 6.07) is 7.12. The lowest BCUT2D eigenvalue weighted by atomic mass is 10.2. The second-order valence-corrected chi connectivity index (χ2v) is 5.36. The fourth-order valence-corrected chi connectivity index (χ4v) is 3.18. The summed E-state index contributed by atoms with van der Waals surface area (Å²) in [6.07, 6.45) is 0. The molecule has 0 radical (unpaired) electrons. The van der Waals surface area contributed by atoms with Crippen molar-refractivity contribution >= 4 is 33.4 Å². The van der Waals surface area contributed by atoms with Gasteiger partial charge in [-0.3, -0.25) is 0 Å². The fraction of sp³-hybridized carbons (Fsp3) is 0.400. The number of halogens is 1. The van der Waals surface area contributed by atoms with E-state index in [-0.39, 0.29) is 0 Å². The van der Waals surface area contributed by atoms with Gasteiger partial charge in [-0.2, -0.15) is 0 Å². The van der Waals surface area contributed by atoms with E-state index in [9.17, 15) is 0 Å². The van der Waals surface area contributed by atoms with Crippen molar-refractivity contribution in [2.24, 2.45) is 0 Å². The van der Waals surface area contributed by atoms with Crippen LogP contribution in [0.5, 0.6) is 0 Å². The van der Waals surface area contributed by atoms with E-state index in [4.69, 9.17) is 0 Å². The summed E-state index contributed by atoms with van der Waals surface area (Å²) in [4.78, 5) is 3.73. The van der Waals surface area contributed by atoms with E-state index >= 15 is 0 Å². The summed E-state index contributed by atoms with van der Waals surface area (Å²) in [6.45, 7) is 2.26. The Bertz CT molecular complexity index is 327. The molecule has 0 saturated carbocycles. The summed E-state index contributed by atoms with van der Waals surface area (Å²) in [5, 5.41) is 0. The maximum absolute atomic E-state index is 3.49. The van der Waals surface area contributed by atoms with Crippen LogP contribution >= 0.6 is 27.7 Å². The number of anilines is 1. The Labute approximate surface area is 91.6 Å². The highest BCUT2D eigenvalue weighted by Crippen LogP contribution is 2.37. The molecule has 0 bridgehead atoms. The molecule has 0 N–H and O–H groups in total. The molecule has 1 heterocycles. The quantitative estimate of drug-likeness (QED) is 0.701. The normalized spacial score (nSPS) is 21.5. The van der Waals surface area contributed by atoms with Crippen LogP contribution in [0.15, 0.2) is 27.6 Å². The smallest absolute Gasteiger partial charge is 0.0505 e. The van der Waals surface area contributed by atoms with Gasteiger partial charge in [0.05, 0.1) is 5.69 Å². The molecule has 2 rings (SSSR count). The van der Waals surface area contributed by atoms with Gasteiger partial charge in [-0.15, -0.1) is 11.8 Å². The Morgan fingerprint density at radius 3 is 3.08 bits per heavy atom. The van der Waals surface area contributed by atoms with E-state index in [1.807, 2.05) is 11.8 Å². The van der Waals surface area contributed by atoms with Gasteiger partial charge in [0.1, 0.15) is 0 Å². The highest BCUT2D eigenvalue weighted by molar-refractivity contribution is 9.10. The first-order valence-electron chi connectivity index (χ1n) is 4.33. The van der Waals surface area contributed by atoms with Gasteiger partial charge < -0.3 is 4.90 Å². The van der Waals surface area contributed by atoms with Crippen LogP contribution in [0.25, 0.3) is 0 Å². The van der Waals surface area contributed by atoms with Crippen LogP contribution in [0.3, 0.4) is 0 Å². The van der Waals surface area contributed by atoms with E-state index in [1.54, 1.807) is 0 Å². The SMILES string of the molecule is CC1CSc2cc(Br)ccc2N1C. The van der Waals surface area contributed by atoms with Crippen LogP contribution in [0.4, 0.5) is 5.69 Å². The molecule has 3 heteroatoms. The van der Waals surface area contributed by atoms with Crippen LogP contribution in [0.2, 0.25) is 0 Å². The number of nitrogens with zero attached hydrogens (tertiary/aromatic N) is 1. The van der Waals surface area contributed by atoms with Gasteiger partial charge in [-0.25, -0.2) is 0 Å². The van der Waals surface area contributed by atoms with Crippen LogP contribution < -0.4 is 4.90 Å². The summed E-state index contributed by atoms with van der Waals surface area (Å²) >= 11 is 5.44. The first-order valence-corrected chi connectivity index (χ1v) is 6.11. The molecule has 0 aromatic heterocycles. The molecular formula is C10H12BrNS. The van der Waals surface area contributed by atoms with Crippen LogP contribution in [0.1, 0.15) is 6.92 Å². The first kappa shape index (κ1) is 9.41. The van der Waals surface area contributed by atoms with Crippen molar-refractivity contribution in [3.63, 3.8) is 0 Å². The Balaban J connectivity index is 2.44. The highest BCUT2D eigenvalue weighted by atomic mass is 79.9. The summed E-state index contributed by atoms with van der Waals surface area (Å²) in [5.74, 6) is 1.18. The average Bonchev–Trinajstić information content (AvgIpc) is 2.12. The minimum Gasteiger partial charge on any atom is -0.370 e. The van der Waals surface area contributed by atoms with Crippen LogP contribution in [0, 0.1) is 0 Å². The Morgan fingerprint density at radius 1 is 1.54 bits per heavy atom. The minimum atomic E-state index is 0.638. The molecule has 13 heavy (non-hydrogen) atoms. The van der Waals surface area contributed by atoms with Gasteiger partial charge in [-0.1, -0.05) is 15.9 Å². The van der Waals surface area contributed by atoms with Crippen molar-refractivity contribution in [1.82, 2.24) is 0 Å². The Hall–Kier alpha value is -0.150. The molecule has 0 fully saturated rings. The predicted octanol–water partition coefficient (Wildman–Crippen LogP) is 3.38. The van der Waals surface area contributed by atoms with Crippen LogP contribution in [-0.2, 0) is 0 Å². The topological polar surface area (TPSA) is 3.24 Å². The number of rotatable bonds is 0. The minimum absolute atomic E-state index is 0.638. The van der Waals surface area contributed by atoms with Gasteiger partial charge in [-0.05, 0) is 25.1 Å². The van der Waals surface area contributed by atoms with Crippen molar-refractivity contribution in [1.29, 1.82) is 0 Å². The molecule has 1 unspecified atom stereocenters. The molecule has 0 saturated heterocycles. The number of thioether (sulfide) groups is 1. The zero-order chi connectivity index (χ0) is 9.42. The second-order valence-electron chi connectivity index (χ2n) is 3.38. The average molecular weight is 258 g/mol. The van der Waals surface area contributed by atoms with Crippen molar-refractivity contribution in [3.05, 3.63) is 22.7 Å². The first-order chi connectivity index (χ1) is 6.18. The second kappa shape index (κ2) is 3.54. The maximum Gasteiger partial charge on any atom is 0.0505 e. The zero-order valence-corrected chi connectivity index (χ0v) is 10.2. The van der Waals surface area contributed by atoms with Crippen molar-refractivity contribution < 1.29 is 0 Å². The highest BCUT2D eigenvalue weighted by Gasteiger charge is 2.19. The molecule has 1 aliphatic heterocycles. The standard InChI is InChI=1S/C10H12BrNS/c1-7-6-13-10-5-8(11)3-4-9(10)12(7)2/h3-5,7H,6H2,1-2H3. The lowest BCUT2D eigenvalue weighted by Gasteiger charge is -2.33. The third-order valence-corrected chi connectivity index (χ3v) is 4.22. The molecule has 0 aliphatic carbocycles. The van der Waals surface area contributed by atoms with Crippen LogP contribution in [-0.4, -0.2) is 18.8 Å². The number of benzene rings is 1. The summed E-state index contributed by atoms with van der Waals surface area (Å²) in [5.41, 5.74) is 1.35. The predicted molar refractivity (Wildman–Crippen MR) is 62.7 cm³/mol. The van der Waals surface area contributed by atoms with Gasteiger partial charge >= 0.3 is 0 Å². The molecule has 1 atom stereocenters. The van der Waals surface area contributed by atoms with Crippen molar-refractivity contribution in [2.45, 2.75) is 17.9 Å². The largest absolute Gasteiger partial charge is 0.370 e. The molecular weight excluding hydrogens is 246 g/mol. The van der Waals surface area contributed by atoms with E-state index in [0.717, 1.165) is 0 Å². The third-order valence-electron chi connectivity index (χ3n) is 2.44. The van der Waals surface area contributed by atoms with Crippen molar-refractivity contribution in [2.75, 3.05) is 17.7 Å². The fourth-order valence-electron chi connectivity index (χ4n) is 1.45. The number of hydrogen-bond donors (Lipinski definition) is 0. The van der Waals surface area contributed by atoms with Gasteiger partial charge in [0.25, 0.3) is 0 Å². The maximum atomic E-state index is 3.49. The van der Waals surface area contributed by atoms with Gasteiger partial charge in [0.2, 0.25) is 0 Å². The van der Waals surface area contributed by atoms with E-state index in [2.05, 4.69) is 53.0 Å². The molecule has 70 valence electrons. The molecule has 1 aliphatic rings. The summed E-state index contributed by atoms with van der Waals surface area (Å²) in [7, 11) is 2.16. The van der Waals surface area contributed by atoms with E-state index < -0.39 is 0 Å². The molecule has 0 spiro atoms. The zero-order valence-electron chi connectivity index (χ0n) is 7.75. The Kier molecular flexibility index (Phi) is 2.56. The number of fused-ring (bicyclic) bond motifs is 1. The van der Waals surface area contributed by atoms with Gasteiger partial charge in [0, 0.05) is 28.2 Å². The van der Waals surface area contributed by atoms with E-state index in [1.165, 1.54) is 20.8 Å².